The lowest BCUT2D eigenvalue weighted by Crippen LogP contribution is -2.31. The predicted octanol–water partition coefficient (Wildman–Crippen LogP) is 30.3. The van der Waals surface area contributed by atoms with Gasteiger partial charge in [0.1, 0.15) is 70.8 Å². The van der Waals surface area contributed by atoms with E-state index in [-0.39, 0.29) is 43.3 Å². The smallest absolute Gasteiger partial charge is 0.243 e. The molecule has 138 heavy (non-hydrogen) atoms. The van der Waals surface area contributed by atoms with Gasteiger partial charge in [0, 0.05) is 51.4 Å². The number of nitrogens with zero attached hydrogens (tertiary/aromatic N) is 4. The van der Waals surface area contributed by atoms with Gasteiger partial charge in [-0.25, -0.2) is 18.3 Å². The summed E-state index contributed by atoms with van der Waals surface area (Å²) in [6.45, 7) is 78.6. The minimum Gasteiger partial charge on any atom is -0.493 e. The molecule has 2 aromatic heterocycles. The number of benzene rings is 8. The molecule has 0 saturated heterocycles. The second kappa shape index (κ2) is 46.1. The fraction of sp³-hybridized carbons (Fsp3) is 0.571. The van der Waals surface area contributed by atoms with E-state index in [0.29, 0.717) is 104 Å². The lowest BCUT2D eigenvalue weighted by molar-refractivity contribution is -0.697. The number of hydrogen-bond donors (Lipinski definition) is 0. The average molecular weight is 1880 g/mol. The van der Waals surface area contributed by atoms with E-state index in [1.807, 2.05) is 0 Å². The summed E-state index contributed by atoms with van der Waals surface area (Å²) in [4.78, 5) is 0. The fourth-order valence-electron chi connectivity index (χ4n) is 19.3. The predicted molar refractivity (Wildman–Crippen MR) is 575 cm³/mol. The van der Waals surface area contributed by atoms with Crippen molar-refractivity contribution in [1.29, 1.82) is 0 Å². The van der Waals surface area contributed by atoms with Crippen molar-refractivity contribution in [2.24, 2.45) is 0 Å². The highest BCUT2D eigenvalue weighted by molar-refractivity contribution is 5.64. The zero-order chi connectivity index (χ0) is 100. The molecule has 12 heteroatoms. The molecule has 750 valence electrons. The van der Waals surface area contributed by atoms with Crippen molar-refractivity contribution >= 4 is 0 Å². The number of fused-ring (bicyclic) bond motifs is 16. The third kappa shape index (κ3) is 28.3. The Kier molecular flexibility index (Phi) is 35.9. The second-order valence-electron chi connectivity index (χ2n) is 48.8. The van der Waals surface area contributed by atoms with Gasteiger partial charge in [0.15, 0.2) is 0 Å². The molecule has 2 aliphatic carbocycles. The van der Waals surface area contributed by atoms with Crippen LogP contribution in [0.15, 0.2) is 135 Å². The molecule has 0 fully saturated rings. The van der Waals surface area contributed by atoms with Gasteiger partial charge < -0.3 is 37.9 Å². The van der Waals surface area contributed by atoms with Crippen molar-refractivity contribution in [2.75, 3.05) is 52.9 Å². The van der Waals surface area contributed by atoms with Gasteiger partial charge in [-0.05, 0) is 254 Å². The van der Waals surface area contributed by atoms with Gasteiger partial charge in [-0.2, -0.15) is 0 Å². The standard InChI is InChI=1S/C126H180N4O8/c1-31-37-45-127-49-51-129(85-127)47-39-41-57-135-115-95-61-87-69-103(119(7,8)9)73-91(111(87)131-53-33-3)65-99-81-109(125(25,26)27)82-100(66-92-74-104(120(10,11)12)70-88(112(92)132-54-34-4)62-96(115)78-107(77-95)123(19,20)21)117(99)137-59-43-44-60-138-118-101-67-93-75-105(121(13,14)15)71-89(113(93)133-55-35-5)63-97-79-108(124(22,23)24)80-98(116(97)136-58-42-40-48-130-52-50-128(86-130)46-38-32-2)64-90-72-106(122(16,17)18)76-94(114(90)134-56-36-6)68-102(118)84-110(83-101)126(28,29)30/h49-52,69-86H,31-48,53-68H2,1-30H3/q+2. The molecular weight excluding hydrogens is 1700 g/mol. The summed E-state index contributed by atoms with van der Waals surface area (Å²) in [5, 5.41) is 0. The van der Waals surface area contributed by atoms with Gasteiger partial charge >= 0.3 is 0 Å². The lowest BCUT2D eigenvalue weighted by atomic mass is 9.79. The highest BCUT2D eigenvalue weighted by Crippen LogP contribution is 2.49. The van der Waals surface area contributed by atoms with Gasteiger partial charge in [0.25, 0.3) is 0 Å². The van der Waals surface area contributed by atoms with Crippen molar-refractivity contribution in [3.05, 3.63) is 268 Å². The van der Waals surface area contributed by atoms with Crippen LogP contribution in [-0.2, 0) is 121 Å². The van der Waals surface area contributed by atoms with E-state index >= 15 is 0 Å². The molecule has 0 unspecified atom stereocenters. The van der Waals surface area contributed by atoms with Crippen molar-refractivity contribution in [2.45, 2.75) is 418 Å². The Bertz CT molecular complexity index is 5130. The van der Waals surface area contributed by atoms with Crippen LogP contribution in [0.25, 0.3) is 0 Å². The van der Waals surface area contributed by atoms with E-state index < -0.39 is 0 Å². The quantitative estimate of drug-likeness (QED) is 0.0281. The summed E-state index contributed by atoms with van der Waals surface area (Å²) in [6, 6.07) is 39.6. The maximum atomic E-state index is 7.79. The number of imidazole rings is 2. The minimum atomic E-state index is -0.215. The molecule has 16 bridgehead atoms. The van der Waals surface area contributed by atoms with Crippen molar-refractivity contribution in [3.63, 3.8) is 0 Å². The van der Waals surface area contributed by atoms with E-state index in [9.17, 15) is 0 Å². The van der Waals surface area contributed by atoms with Crippen LogP contribution in [0.4, 0.5) is 0 Å². The third-order valence-corrected chi connectivity index (χ3v) is 27.9. The van der Waals surface area contributed by atoms with Crippen LogP contribution in [0.3, 0.4) is 0 Å². The molecule has 0 amide bonds. The van der Waals surface area contributed by atoms with Gasteiger partial charge in [-0.15, -0.1) is 0 Å². The van der Waals surface area contributed by atoms with Crippen molar-refractivity contribution in [3.8, 4) is 46.0 Å². The second-order valence-corrected chi connectivity index (χ2v) is 48.8. The number of hydrogen-bond acceptors (Lipinski definition) is 8. The third-order valence-electron chi connectivity index (χ3n) is 27.9. The van der Waals surface area contributed by atoms with Gasteiger partial charge in [0.2, 0.25) is 12.7 Å². The van der Waals surface area contributed by atoms with Gasteiger partial charge in [-0.3, -0.25) is 0 Å². The highest BCUT2D eigenvalue weighted by Gasteiger charge is 2.35. The first kappa shape index (κ1) is 107. The zero-order valence-electron chi connectivity index (χ0n) is 91.8. The Morgan fingerprint density at radius 3 is 0.500 bits per heavy atom. The molecule has 2 aliphatic rings. The largest absolute Gasteiger partial charge is 0.493 e. The van der Waals surface area contributed by atoms with Crippen molar-refractivity contribution in [1.82, 2.24) is 9.13 Å². The molecule has 0 saturated carbocycles. The van der Waals surface area contributed by atoms with Crippen LogP contribution in [0.5, 0.6) is 46.0 Å². The van der Waals surface area contributed by atoms with Gasteiger partial charge in [-0.1, -0.05) is 318 Å². The molecule has 0 radical (unpaired) electrons. The highest BCUT2D eigenvalue weighted by atomic mass is 16.5. The first-order chi connectivity index (χ1) is 65.1. The monoisotopic (exact) mass is 1880 g/mol. The molecule has 12 nitrogen and oxygen atoms in total. The number of aromatic nitrogens is 4. The van der Waals surface area contributed by atoms with Crippen LogP contribution in [0, 0.1) is 0 Å². The van der Waals surface area contributed by atoms with Crippen molar-refractivity contribution < 1.29 is 47.0 Å². The summed E-state index contributed by atoms with van der Waals surface area (Å²) in [5.41, 5.74) is 27.4. The maximum Gasteiger partial charge on any atom is 0.243 e. The van der Waals surface area contributed by atoms with Crippen LogP contribution in [0.1, 0.15) is 431 Å². The Morgan fingerprint density at radius 1 is 0.203 bits per heavy atom. The molecule has 0 N–H and O–H groups in total. The first-order valence-corrected chi connectivity index (χ1v) is 53.6. The normalized spacial score (nSPS) is 13.5. The number of ether oxygens (including phenoxy) is 8. The minimum absolute atomic E-state index is 0.171. The zero-order valence-corrected chi connectivity index (χ0v) is 91.8. The number of aryl methyl sites for hydroxylation is 4. The van der Waals surface area contributed by atoms with E-state index in [1.54, 1.807) is 0 Å². The summed E-state index contributed by atoms with van der Waals surface area (Å²) in [7, 11) is 0. The molecular formula is C126H180N4O8+2. The van der Waals surface area contributed by atoms with Gasteiger partial charge in [0.05, 0.1) is 79.0 Å². The molecule has 10 aromatic rings. The Hall–Kier alpha value is -9.42. The van der Waals surface area contributed by atoms with Crippen LogP contribution in [0.2, 0.25) is 0 Å². The summed E-state index contributed by atoms with van der Waals surface area (Å²) in [6.07, 6.45) is 31.8. The van der Waals surface area contributed by atoms with E-state index in [2.05, 4.69) is 360 Å². The Balaban J connectivity index is 0.985. The van der Waals surface area contributed by atoms with Crippen LogP contribution in [-0.4, -0.2) is 62.0 Å². The summed E-state index contributed by atoms with van der Waals surface area (Å²) in [5.74, 6) is 7.67. The molecule has 0 spiro atoms. The average Bonchev–Trinajstić information content (AvgIpc) is 0.850. The summed E-state index contributed by atoms with van der Waals surface area (Å²) < 4.78 is 69.3. The molecule has 2 heterocycles. The molecule has 12 rings (SSSR count). The van der Waals surface area contributed by atoms with E-state index in [0.717, 1.165) is 159 Å². The molecule has 0 aliphatic heterocycles. The number of rotatable bonds is 37. The SMILES string of the molecule is CCCCn1cc[n+](CCCCOc2c3cc(C(C)(C)C)cc2Cc2cc(C(C)(C)C)cc(c2OCCC)Cc2cc(C(C)(C)C)cc(c2OCCCCOc2c4cc(C(C)(C)C)cc2Cc2cc(C(C)(C)C)cc(c2OCCC)Cc2cc(C(C)(C)C)cc(c2OCCCC[n+]2ccn(CCCC)c2)Cc2cc(C(C)(C)C)cc(c2OCCC)C4)Cc2cc(C(C)(C)C)cc(c2OCCC)C3)c1. The first-order valence-electron chi connectivity index (χ1n) is 53.6. The topological polar surface area (TPSA) is 91.5 Å². The number of unbranched alkanes of at least 4 members (excludes halogenated alkanes) is 5. The Morgan fingerprint density at radius 2 is 0.355 bits per heavy atom. The molecule has 0 atom stereocenters. The van der Waals surface area contributed by atoms with Crippen LogP contribution < -0.4 is 47.0 Å². The maximum absolute atomic E-state index is 7.79. The van der Waals surface area contributed by atoms with Crippen LogP contribution >= 0.6 is 0 Å². The Labute approximate surface area is 836 Å². The summed E-state index contributed by atoms with van der Waals surface area (Å²) >= 11 is 0. The van der Waals surface area contributed by atoms with E-state index in [1.165, 1.54) is 137 Å². The van der Waals surface area contributed by atoms with E-state index in [4.69, 9.17) is 37.9 Å². The lowest BCUT2D eigenvalue weighted by Gasteiger charge is -2.29. The molecule has 8 aromatic carbocycles. The fourth-order valence-corrected chi connectivity index (χ4v) is 19.3.